The summed E-state index contributed by atoms with van der Waals surface area (Å²) in [5, 5.41) is 3.16. The van der Waals surface area contributed by atoms with Crippen molar-refractivity contribution in [2.45, 2.75) is 70.7 Å². The zero-order valence-corrected chi connectivity index (χ0v) is 22.2. The first-order valence-electron chi connectivity index (χ1n) is 12.8. The Labute approximate surface area is 218 Å². The van der Waals surface area contributed by atoms with E-state index in [2.05, 4.69) is 15.3 Å². The number of ether oxygens (including phenoxy) is 2. The minimum absolute atomic E-state index is 0.0943. The van der Waals surface area contributed by atoms with Crippen molar-refractivity contribution in [3.63, 3.8) is 0 Å². The SMILES string of the molecule is COCC[C@H](c1cncc(C(=O)N[C@H]2CC(C)(C)Oc3ccccc32)c1)N1C(=O)CC(C(C)C)N=C1N. The summed E-state index contributed by atoms with van der Waals surface area (Å²) in [7, 11) is 1.61. The predicted octanol–water partition coefficient (Wildman–Crippen LogP) is 3.76. The van der Waals surface area contributed by atoms with E-state index >= 15 is 0 Å². The number of methoxy groups -OCH3 is 1. The molecular weight excluding hydrogens is 470 g/mol. The number of benzene rings is 1. The van der Waals surface area contributed by atoms with Gasteiger partial charge in [-0.2, -0.15) is 0 Å². The number of rotatable bonds is 8. The van der Waals surface area contributed by atoms with E-state index in [1.54, 1.807) is 19.4 Å². The monoisotopic (exact) mass is 507 g/mol. The summed E-state index contributed by atoms with van der Waals surface area (Å²) in [6.07, 6.45) is 4.60. The number of nitrogens with zero attached hydrogens (tertiary/aromatic N) is 3. The van der Waals surface area contributed by atoms with Crippen molar-refractivity contribution in [2.75, 3.05) is 13.7 Å². The lowest BCUT2D eigenvalue weighted by atomic mass is 9.89. The molecule has 37 heavy (non-hydrogen) atoms. The van der Waals surface area contributed by atoms with Crippen molar-refractivity contribution in [2.24, 2.45) is 16.6 Å². The van der Waals surface area contributed by atoms with Crippen LogP contribution in [0.5, 0.6) is 5.75 Å². The third-order valence-electron chi connectivity index (χ3n) is 6.96. The number of hydrogen-bond donors (Lipinski definition) is 2. The Bertz CT molecular complexity index is 1180. The van der Waals surface area contributed by atoms with Crippen molar-refractivity contribution < 1.29 is 19.1 Å². The van der Waals surface area contributed by atoms with Gasteiger partial charge in [0.15, 0.2) is 5.96 Å². The second kappa shape index (κ2) is 10.9. The molecule has 0 spiro atoms. The van der Waals surface area contributed by atoms with Gasteiger partial charge in [0.1, 0.15) is 11.4 Å². The highest BCUT2D eigenvalue weighted by Crippen LogP contribution is 2.39. The van der Waals surface area contributed by atoms with Gasteiger partial charge < -0.3 is 20.5 Å². The molecule has 1 unspecified atom stereocenters. The molecule has 3 heterocycles. The maximum atomic E-state index is 13.4. The molecule has 0 fully saturated rings. The Balaban J connectivity index is 1.60. The van der Waals surface area contributed by atoms with Crippen LogP contribution in [0.15, 0.2) is 47.7 Å². The molecule has 3 atom stereocenters. The van der Waals surface area contributed by atoms with Gasteiger partial charge in [0.05, 0.1) is 30.1 Å². The van der Waals surface area contributed by atoms with E-state index in [1.807, 2.05) is 52.0 Å². The average molecular weight is 508 g/mol. The molecule has 3 N–H and O–H groups in total. The summed E-state index contributed by atoms with van der Waals surface area (Å²) >= 11 is 0. The second-order valence-corrected chi connectivity index (χ2v) is 10.7. The van der Waals surface area contributed by atoms with Crippen LogP contribution in [0.25, 0.3) is 0 Å². The van der Waals surface area contributed by atoms with Crippen LogP contribution in [0.3, 0.4) is 0 Å². The quantitative estimate of drug-likeness (QED) is 0.562. The molecule has 2 aliphatic heterocycles. The predicted molar refractivity (Wildman–Crippen MR) is 141 cm³/mol. The molecule has 2 aromatic rings. The Morgan fingerprint density at radius 3 is 2.76 bits per heavy atom. The van der Waals surface area contributed by atoms with Crippen molar-refractivity contribution in [1.29, 1.82) is 0 Å². The Morgan fingerprint density at radius 1 is 1.30 bits per heavy atom. The first-order valence-corrected chi connectivity index (χ1v) is 12.8. The number of carbonyl (C=O) groups excluding carboxylic acids is 2. The summed E-state index contributed by atoms with van der Waals surface area (Å²) in [6, 6.07) is 8.72. The molecule has 0 saturated heterocycles. The fourth-order valence-corrected chi connectivity index (χ4v) is 5.01. The van der Waals surface area contributed by atoms with Crippen LogP contribution in [0.1, 0.15) is 80.5 Å². The number of guanidine groups is 1. The van der Waals surface area contributed by atoms with Crippen LogP contribution >= 0.6 is 0 Å². The van der Waals surface area contributed by atoms with Crippen LogP contribution < -0.4 is 15.8 Å². The maximum Gasteiger partial charge on any atom is 0.253 e. The van der Waals surface area contributed by atoms with Crippen molar-refractivity contribution in [3.8, 4) is 5.75 Å². The summed E-state index contributed by atoms with van der Waals surface area (Å²) in [5.74, 6) is 0.823. The summed E-state index contributed by atoms with van der Waals surface area (Å²) < 4.78 is 11.4. The third-order valence-corrected chi connectivity index (χ3v) is 6.96. The van der Waals surface area contributed by atoms with Crippen molar-refractivity contribution in [1.82, 2.24) is 15.2 Å². The third kappa shape index (κ3) is 5.93. The molecule has 2 amide bonds. The van der Waals surface area contributed by atoms with Crippen LogP contribution in [-0.2, 0) is 9.53 Å². The Hall–Kier alpha value is -3.46. The molecule has 4 rings (SSSR count). The number of nitrogens with one attached hydrogen (secondary N) is 1. The molecule has 198 valence electrons. The van der Waals surface area contributed by atoms with E-state index in [0.717, 1.165) is 11.3 Å². The van der Waals surface area contributed by atoms with Gasteiger partial charge in [0.25, 0.3) is 5.91 Å². The van der Waals surface area contributed by atoms with E-state index in [1.165, 1.54) is 11.1 Å². The van der Waals surface area contributed by atoms with Crippen LogP contribution in [-0.4, -0.2) is 53.0 Å². The number of aliphatic imine (C=N–C) groups is 1. The average Bonchev–Trinajstić information content (AvgIpc) is 2.84. The van der Waals surface area contributed by atoms with E-state index in [-0.39, 0.29) is 42.2 Å². The second-order valence-electron chi connectivity index (χ2n) is 10.7. The number of aromatic nitrogens is 1. The highest BCUT2D eigenvalue weighted by molar-refractivity contribution is 5.99. The highest BCUT2D eigenvalue weighted by Gasteiger charge is 2.36. The molecule has 1 aromatic heterocycles. The van der Waals surface area contributed by atoms with Gasteiger partial charge >= 0.3 is 0 Å². The van der Waals surface area contributed by atoms with Gasteiger partial charge in [-0.1, -0.05) is 32.0 Å². The van der Waals surface area contributed by atoms with Crippen LogP contribution in [0.4, 0.5) is 0 Å². The number of para-hydroxylation sites is 1. The Morgan fingerprint density at radius 2 is 2.05 bits per heavy atom. The zero-order chi connectivity index (χ0) is 26.7. The molecule has 9 heteroatoms. The smallest absolute Gasteiger partial charge is 0.253 e. The standard InChI is InChI=1S/C28H37N5O4/c1-17(2)21-13-25(34)33(27(29)32-21)23(10-11-36-5)18-12-19(16-30-15-18)26(35)31-22-14-28(3,4)37-24-9-7-6-8-20(22)24/h6-9,12,15-17,21-23H,10-11,13-14H2,1-5H3,(H2,29,32)(H,31,35)/t21?,22-,23+/m0/s1. The molecule has 0 saturated carbocycles. The lowest BCUT2D eigenvalue weighted by Crippen LogP contribution is -2.50. The van der Waals surface area contributed by atoms with Gasteiger partial charge in [-0.25, -0.2) is 4.99 Å². The van der Waals surface area contributed by atoms with Crippen molar-refractivity contribution >= 4 is 17.8 Å². The number of pyridine rings is 1. The van der Waals surface area contributed by atoms with Crippen molar-refractivity contribution in [3.05, 3.63) is 59.4 Å². The van der Waals surface area contributed by atoms with E-state index in [4.69, 9.17) is 15.2 Å². The lowest BCUT2D eigenvalue weighted by Gasteiger charge is -2.38. The largest absolute Gasteiger partial charge is 0.487 e. The fraction of sp³-hybridized carbons (Fsp3) is 0.500. The molecule has 0 bridgehead atoms. The van der Waals surface area contributed by atoms with Gasteiger partial charge in [-0.05, 0) is 43.9 Å². The topological polar surface area (TPSA) is 119 Å². The van der Waals surface area contributed by atoms with E-state index < -0.39 is 11.6 Å². The number of amides is 2. The number of hydrogen-bond acceptors (Lipinski definition) is 7. The number of nitrogens with two attached hydrogens (primary N) is 1. The minimum atomic E-state index is -0.452. The Kier molecular flexibility index (Phi) is 7.82. The fourth-order valence-electron chi connectivity index (χ4n) is 5.01. The molecule has 1 aromatic carbocycles. The number of carbonyl (C=O) groups is 2. The minimum Gasteiger partial charge on any atom is -0.487 e. The molecule has 2 aliphatic rings. The van der Waals surface area contributed by atoms with E-state index in [9.17, 15) is 9.59 Å². The summed E-state index contributed by atoms with van der Waals surface area (Å²) in [5.41, 5.74) is 7.93. The van der Waals surface area contributed by atoms with Gasteiger partial charge in [-0.15, -0.1) is 0 Å². The van der Waals surface area contributed by atoms with Crippen LogP contribution in [0, 0.1) is 5.92 Å². The molecule has 0 aliphatic carbocycles. The van der Waals surface area contributed by atoms with Gasteiger partial charge in [0, 0.05) is 38.1 Å². The highest BCUT2D eigenvalue weighted by atomic mass is 16.5. The van der Waals surface area contributed by atoms with Gasteiger partial charge in [-0.3, -0.25) is 19.5 Å². The number of fused-ring (bicyclic) bond motifs is 1. The summed E-state index contributed by atoms with van der Waals surface area (Å²) in [4.78, 5) is 37.0. The van der Waals surface area contributed by atoms with Crippen LogP contribution in [0.2, 0.25) is 0 Å². The van der Waals surface area contributed by atoms with E-state index in [0.29, 0.717) is 30.6 Å². The zero-order valence-electron chi connectivity index (χ0n) is 22.2. The molecule has 9 nitrogen and oxygen atoms in total. The first kappa shape index (κ1) is 26.6. The molecular formula is C28H37N5O4. The first-order chi connectivity index (χ1) is 17.6. The lowest BCUT2D eigenvalue weighted by molar-refractivity contribution is -0.130. The maximum absolute atomic E-state index is 13.4. The normalized spacial score (nSPS) is 21.6. The molecule has 0 radical (unpaired) electrons. The van der Waals surface area contributed by atoms with Gasteiger partial charge in [0.2, 0.25) is 5.91 Å². The summed E-state index contributed by atoms with van der Waals surface area (Å²) in [6.45, 7) is 8.47.